The van der Waals surface area contributed by atoms with Gasteiger partial charge in [0, 0.05) is 9.26 Å². The van der Waals surface area contributed by atoms with E-state index in [4.69, 9.17) is 0 Å². The van der Waals surface area contributed by atoms with Crippen molar-refractivity contribution in [2.75, 3.05) is 5.32 Å². The van der Waals surface area contributed by atoms with Gasteiger partial charge in [-0.25, -0.2) is 4.98 Å². The van der Waals surface area contributed by atoms with Crippen molar-refractivity contribution in [3.8, 4) is 0 Å². The molecule has 3 rings (SSSR count). The normalized spacial score (nSPS) is 10.7. The molecule has 20 heavy (non-hydrogen) atoms. The summed E-state index contributed by atoms with van der Waals surface area (Å²) in [6, 6.07) is 14.3. The summed E-state index contributed by atoms with van der Waals surface area (Å²) in [5.74, 6) is 0. The van der Waals surface area contributed by atoms with Crippen molar-refractivity contribution < 1.29 is 0 Å². The number of aromatic nitrogens is 2. The van der Waals surface area contributed by atoms with E-state index in [9.17, 15) is 0 Å². The Balaban J connectivity index is 1.79. The van der Waals surface area contributed by atoms with Crippen molar-refractivity contribution in [1.29, 1.82) is 0 Å². The highest BCUT2D eigenvalue weighted by Gasteiger charge is 2.02. The number of aryl methyl sites for hydroxylation is 1. The molecule has 0 spiro atoms. The summed E-state index contributed by atoms with van der Waals surface area (Å²) < 4.78 is 1.25. The highest BCUT2D eigenvalue weighted by Crippen LogP contribution is 2.18. The lowest BCUT2D eigenvalue weighted by Gasteiger charge is -2.09. The van der Waals surface area contributed by atoms with Crippen molar-refractivity contribution in [1.82, 2.24) is 9.97 Å². The van der Waals surface area contributed by atoms with E-state index in [1.165, 1.54) is 9.13 Å². The fraction of sp³-hybridized carbons (Fsp3) is 0.125. The van der Waals surface area contributed by atoms with E-state index in [2.05, 4.69) is 63.0 Å². The number of hydrogen-bond donors (Lipinski definition) is 1. The quantitative estimate of drug-likeness (QED) is 0.699. The van der Waals surface area contributed by atoms with Crippen molar-refractivity contribution in [3.63, 3.8) is 0 Å². The maximum absolute atomic E-state index is 4.61. The third-order valence-electron chi connectivity index (χ3n) is 3.15. The van der Waals surface area contributed by atoms with Crippen LogP contribution >= 0.6 is 22.6 Å². The Morgan fingerprint density at radius 3 is 2.70 bits per heavy atom. The van der Waals surface area contributed by atoms with Gasteiger partial charge in [0.25, 0.3) is 0 Å². The van der Waals surface area contributed by atoms with Gasteiger partial charge in [-0.1, -0.05) is 12.1 Å². The summed E-state index contributed by atoms with van der Waals surface area (Å²) in [7, 11) is 0. The molecule has 100 valence electrons. The molecule has 1 aromatic heterocycles. The van der Waals surface area contributed by atoms with Crippen LogP contribution in [0.2, 0.25) is 0 Å². The van der Waals surface area contributed by atoms with Crippen LogP contribution in [0, 0.1) is 10.5 Å². The van der Waals surface area contributed by atoms with E-state index in [0.717, 1.165) is 22.4 Å². The van der Waals surface area contributed by atoms with E-state index < -0.39 is 0 Å². The molecule has 0 aliphatic rings. The molecule has 3 aromatic rings. The molecule has 0 saturated carbocycles. The topological polar surface area (TPSA) is 37.8 Å². The number of anilines is 1. The molecule has 0 saturated heterocycles. The van der Waals surface area contributed by atoms with Crippen molar-refractivity contribution in [2.45, 2.75) is 13.5 Å². The predicted molar refractivity (Wildman–Crippen MR) is 90.8 cm³/mol. The lowest BCUT2D eigenvalue weighted by Crippen LogP contribution is -2.04. The maximum Gasteiger partial charge on any atom is 0.0890 e. The summed E-state index contributed by atoms with van der Waals surface area (Å²) in [5.41, 5.74) is 5.19. The molecule has 0 amide bonds. The minimum absolute atomic E-state index is 0.680. The molecule has 0 aliphatic heterocycles. The number of nitrogens with zero attached hydrogens (tertiary/aromatic N) is 2. The van der Waals surface area contributed by atoms with Gasteiger partial charge in [-0.2, -0.15) is 0 Å². The third kappa shape index (κ3) is 2.90. The Kier molecular flexibility index (Phi) is 3.82. The van der Waals surface area contributed by atoms with Gasteiger partial charge in [0.1, 0.15) is 0 Å². The smallest absolute Gasteiger partial charge is 0.0890 e. The first-order valence-electron chi connectivity index (χ1n) is 6.43. The number of halogens is 1. The van der Waals surface area contributed by atoms with Crippen LogP contribution in [0.4, 0.5) is 5.69 Å². The maximum atomic E-state index is 4.61. The number of para-hydroxylation sites is 2. The van der Waals surface area contributed by atoms with Gasteiger partial charge in [0.05, 0.1) is 29.5 Å². The van der Waals surface area contributed by atoms with Crippen LogP contribution in [0.15, 0.2) is 48.7 Å². The van der Waals surface area contributed by atoms with Crippen LogP contribution in [0.3, 0.4) is 0 Å². The predicted octanol–water partition coefficient (Wildman–Crippen LogP) is 4.15. The average Bonchev–Trinajstić information content (AvgIpc) is 2.46. The van der Waals surface area contributed by atoms with Gasteiger partial charge >= 0.3 is 0 Å². The molecule has 4 heteroatoms. The molecule has 3 nitrogen and oxygen atoms in total. The number of fused-ring (bicyclic) bond motifs is 1. The number of benzene rings is 2. The summed E-state index contributed by atoms with van der Waals surface area (Å²) in [4.78, 5) is 9.04. The highest BCUT2D eigenvalue weighted by atomic mass is 127. The second-order valence-electron chi connectivity index (χ2n) is 4.66. The Hall–Kier alpha value is -1.69. The Labute approximate surface area is 131 Å². The Morgan fingerprint density at radius 2 is 1.90 bits per heavy atom. The van der Waals surface area contributed by atoms with Gasteiger partial charge in [-0.3, -0.25) is 4.98 Å². The van der Waals surface area contributed by atoms with Crippen molar-refractivity contribution in [3.05, 3.63) is 63.5 Å². The van der Waals surface area contributed by atoms with E-state index in [-0.39, 0.29) is 0 Å². The fourth-order valence-corrected chi connectivity index (χ4v) is 2.74. The molecular weight excluding hydrogens is 361 g/mol. The average molecular weight is 375 g/mol. The molecule has 0 bridgehead atoms. The summed E-state index contributed by atoms with van der Waals surface area (Å²) in [6.07, 6.45) is 1.83. The molecule has 0 fully saturated rings. The molecule has 2 aromatic carbocycles. The first kappa shape index (κ1) is 13.3. The van der Waals surface area contributed by atoms with E-state index >= 15 is 0 Å². The van der Waals surface area contributed by atoms with Crippen LogP contribution in [-0.2, 0) is 6.54 Å². The largest absolute Gasteiger partial charge is 0.379 e. The first-order valence-corrected chi connectivity index (χ1v) is 7.51. The number of nitrogens with one attached hydrogen (secondary N) is 1. The van der Waals surface area contributed by atoms with Gasteiger partial charge in [-0.15, -0.1) is 0 Å². The molecular formula is C16H14IN3. The lowest BCUT2D eigenvalue weighted by atomic mass is 10.2. The Bertz CT molecular complexity index is 756. The molecule has 0 unspecified atom stereocenters. The zero-order valence-electron chi connectivity index (χ0n) is 11.1. The molecule has 0 atom stereocenters. The SMILES string of the molecule is Cc1cc(I)ccc1NCc1cnc2ccccc2n1. The van der Waals surface area contributed by atoms with E-state index in [0.29, 0.717) is 6.54 Å². The molecule has 1 N–H and O–H groups in total. The molecule has 0 radical (unpaired) electrons. The first-order chi connectivity index (χ1) is 9.72. The lowest BCUT2D eigenvalue weighted by molar-refractivity contribution is 1.04. The van der Waals surface area contributed by atoms with Crippen LogP contribution in [0.1, 0.15) is 11.3 Å². The minimum atomic E-state index is 0.680. The number of rotatable bonds is 3. The number of hydrogen-bond acceptors (Lipinski definition) is 3. The van der Waals surface area contributed by atoms with Crippen molar-refractivity contribution in [2.24, 2.45) is 0 Å². The van der Waals surface area contributed by atoms with Gasteiger partial charge in [-0.05, 0) is 65.4 Å². The van der Waals surface area contributed by atoms with E-state index in [1.54, 1.807) is 0 Å². The zero-order valence-corrected chi connectivity index (χ0v) is 13.3. The second-order valence-corrected chi connectivity index (χ2v) is 5.91. The van der Waals surface area contributed by atoms with Gasteiger partial charge < -0.3 is 5.32 Å². The van der Waals surface area contributed by atoms with Crippen LogP contribution in [0.5, 0.6) is 0 Å². The Morgan fingerprint density at radius 1 is 1.10 bits per heavy atom. The van der Waals surface area contributed by atoms with Crippen LogP contribution < -0.4 is 5.32 Å². The van der Waals surface area contributed by atoms with Crippen molar-refractivity contribution >= 4 is 39.3 Å². The zero-order chi connectivity index (χ0) is 13.9. The molecule has 0 aliphatic carbocycles. The third-order valence-corrected chi connectivity index (χ3v) is 3.82. The minimum Gasteiger partial charge on any atom is -0.379 e. The molecule has 1 heterocycles. The fourth-order valence-electron chi connectivity index (χ4n) is 2.09. The summed E-state index contributed by atoms with van der Waals surface area (Å²) >= 11 is 2.32. The van der Waals surface area contributed by atoms with Gasteiger partial charge in [0.15, 0.2) is 0 Å². The standard InChI is InChI=1S/C16H14IN3/c1-11-8-12(17)6-7-14(11)18-9-13-10-19-15-4-2-3-5-16(15)20-13/h2-8,10,18H,9H2,1H3. The van der Waals surface area contributed by atoms with Gasteiger partial charge in [0.2, 0.25) is 0 Å². The highest BCUT2D eigenvalue weighted by molar-refractivity contribution is 14.1. The van der Waals surface area contributed by atoms with Crippen LogP contribution in [-0.4, -0.2) is 9.97 Å². The van der Waals surface area contributed by atoms with Crippen LogP contribution in [0.25, 0.3) is 11.0 Å². The summed E-state index contributed by atoms with van der Waals surface area (Å²) in [6.45, 7) is 2.79. The van der Waals surface area contributed by atoms with E-state index in [1.807, 2.05) is 30.5 Å². The summed E-state index contributed by atoms with van der Waals surface area (Å²) in [5, 5.41) is 3.42. The second kappa shape index (κ2) is 5.75. The monoisotopic (exact) mass is 375 g/mol.